The molecule has 0 N–H and O–H groups in total. The van der Waals surface area contributed by atoms with E-state index in [2.05, 4.69) is 13.0 Å². The Balaban J connectivity index is 2.88. The van der Waals surface area contributed by atoms with Gasteiger partial charge in [-0.2, -0.15) is 5.26 Å². The van der Waals surface area contributed by atoms with Crippen LogP contribution in [0.3, 0.4) is 0 Å². The summed E-state index contributed by atoms with van der Waals surface area (Å²) in [5.74, 6) is -0.0776. The Bertz CT molecular complexity index is 319. The molecule has 1 unspecified atom stereocenters. The minimum absolute atomic E-state index is 0.0776. The lowest BCUT2D eigenvalue weighted by molar-refractivity contribution is 0.875. The first kappa shape index (κ1) is 10.6. The average molecular weight is 187 g/mol. The van der Waals surface area contributed by atoms with Crippen LogP contribution >= 0.6 is 0 Å². The summed E-state index contributed by atoms with van der Waals surface area (Å²) in [6, 6.07) is 10.3. The maximum Gasteiger partial charge on any atom is 0.0712 e. The molecule has 1 rings (SSSR count). The third kappa shape index (κ3) is 2.26. The molecule has 1 aromatic rings. The third-order valence-corrected chi connectivity index (χ3v) is 2.26. The van der Waals surface area contributed by atoms with Crippen LogP contribution in [0, 0.1) is 18.3 Å². The van der Waals surface area contributed by atoms with E-state index in [1.54, 1.807) is 0 Å². The zero-order valence-electron chi connectivity index (χ0n) is 8.70. The van der Waals surface area contributed by atoms with Gasteiger partial charge in [0.2, 0.25) is 0 Å². The van der Waals surface area contributed by atoms with Gasteiger partial charge >= 0.3 is 0 Å². The van der Waals surface area contributed by atoms with Crippen molar-refractivity contribution in [3.63, 3.8) is 0 Å². The van der Waals surface area contributed by atoms with Crippen LogP contribution in [0.4, 0.5) is 5.69 Å². The van der Waals surface area contributed by atoms with E-state index in [-0.39, 0.29) is 5.92 Å². The number of hydrogen-bond donors (Lipinski definition) is 0. The van der Waals surface area contributed by atoms with Gasteiger partial charge in [-0.15, -0.1) is 0 Å². The summed E-state index contributed by atoms with van der Waals surface area (Å²) in [4.78, 5) is 2.04. The second kappa shape index (κ2) is 4.66. The summed E-state index contributed by atoms with van der Waals surface area (Å²) in [6.45, 7) is 3.76. The summed E-state index contributed by atoms with van der Waals surface area (Å²) < 4.78 is 0. The summed E-state index contributed by atoms with van der Waals surface area (Å²) in [5, 5.41) is 8.86. The third-order valence-electron chi connectivity index (χ3n) is 2.26. The molecule has 0 heterocycles. The molecule has 0 aromatic heterocycles. The lowest BCUT2D eigenvalue weighted by atomic mass is 9.98. The van der Waals surface area contributed by atoms with Crippen LogP contribution in [0.2, 0.25) is 0 Å². The SMILES string of the molecule is [CH2]CC(C#N)c1ccc(N(C)C)cc1. The van der Waals surface area contributed by atoms with E-state index in [4.69, 9.17) is 5.26 Å². The van der Waals surface area contributed by atoms with Gasteiger partial charge in [0.25, 0.3) is 0 Å². The van der Waals surface area contributed by atoms with Gasteiger partial charge in [0, 0.05) is 19.8 Å². The maximum absolute atomic E-state index is 8.86. The first-order valence-electron chi connectivity index (χ1n) is 4.65. The predicted molar refractivity (Wildman–Crippen MR) is 59.1 cm³/mol. The van der Waals surface area contributed by atoms with Gasteiger partial charge in [-0.3, -0.25) is 0 Å². The van der Waals surface area contributed by atoms with E-state index in [1.807, 2.05) is 43.3 Å². The average Bonchev–Trinajstić information content (AvgIpc) is 2.20. The fourth-order valence-corrected chi connectivity index (χ4v) is 1.31. The number of rotatable bonds is 3. The summed E-state index contributed by atoms with van der Waals surface area (Å²) in [7, 11) is 4.00. The second-order valence-electron chi connectivity index (χ2n) is 3.46. The van der Waals surface area contributed by atoms with Crippen LogP contribution in [-0.2, 0) is 0 Å². The Labute approximate surface area is 85.8 Å². The lowest BCUT2D eigenvalue weighted by Gasteiger charge is -2.13. The quantitative estimate of drug-likeness (QED) is 0.727. The molecule has 0 saturated carbocycles. The lowest BCUT2D eigenvalue weighted by Crippen LogP contribution is -2.08. The van der Waals surface area contributed by atoms with Crippen LogP contribution < -0.4 is 4.90 Å². The second-order valence-corrected chi connectivity index (χ2v) is 3.46. The van der Waals surface area contributed by atoms with E-state index >= 15 is 0 Å². The highest BCUT2D eigenvalue weighted by Crippen LogP contribution is 2.21. The highest BCUT2D eigenvalue weighted by Gasteiger charge is 2.07. The van der Waals surface area contributed by atoms with Crippen molar-refractivity contribution in [1.82, 2.24) is 0 Å². The van der Waals surface area contributed by atoms with Gasteiger partial charge in [0.15, 0.2) is 0 Å². The number of nitriles is 1. The molecule has 0 aliphatic heterocycles. The molecule has 0 saturated heterocycles. The predicted octanol–water partition coefficient (Wildman–Crippen LogP) is 2.58. The van der Waals surface area contributed by atoms with Crippen molar-refractivity contribution >= 4 is 5.69 Å². The standard InChI is InChI=1S/C12H15N2/c1-4-10(9-13)11-5-7-12(8-6-11)14(2)3/h5-8,10H,1,4H2,2-3H3. The molecule has 1 aromatic carbocycles. The molecule has 0 fully saturated rings. The molecule has 0 spiro atoms. The van der Waals surface area contributed by atoms with Crippen LogP contribution in [0.25, 0.3) is 0 Å². The molecule has 14 heavy (non-hydrogen) atoms. The number of anilines is 1. The van der Waals surface area contributed by atoms with Gasteiger partial charge in [-0.05, 0) is 24.1 Å². The molecule has 0 bridgehead atoms. The monoisotopic (exact) mass is 187 g/mol. The Morgan fingerprint density at radius 2 is 1.93 bits per heavy atom. The molecule has 1 radical (unpaired) electrons. The molecular formula is C12H15N2. The van der Waals surface area contributed by atoms with Crippen molar-refractivity contribution in [3.05, 3.63) is 36.8 Å². The molecule has 2 nitrogen and oxygen atoms in total. The zero-order chi connectivity index (χ0) is 10.6. The summed E-state index contributed by atoms with van der Waals surface area (Å²) in [5.41, 5.74) is 2.20. The number of benzene rings is 1. The van der Waals surface area contributed by atoms with E-state index < -0.39 is 0 Å². The van der Waals surface area contributed by atoms with Crippen molar-refractivity contribution in [2.45, 2.75) is 12.3 Å². The topological polar surface area (TPSA) is 27.0 Å². The Morgan fingerprint density at radius 1 is 1.36 bits per heavy atom. The van der Waals surface area contributed by atoms with Crippen LogP contribution in [0.15, 0.2) is 24.3 Å². The van der Waals surface area contributed by atoms with Gasteiger partial charge < -0.3 is 4.90 Å². The van der Waals surface area contributed by atoms with Crippen molar-refractivity contribution < 1.29 is 0 Å². The van der Waals surface area contributed by atoms with Crippen LogP contribution in [-0.4, -0.2) is 14.1 Å². The number of nitrogens with zero attached hydrogens (tertiary/aromatic N) is 2. The van der Waals surface area contributed by atoms with Crippen molar-refractivity contribution in [2.24, 2.45) is 0 Å². The Hall–Kier alpha value is -1.49. The molecule has 0 aliphatic carbocycles. The van der Waals surface area contributed by atoms with Crippen molar-refractivity contribution in [2.75, 3.05) is 19.0 Å². The van der Waals surface area contributed by atoms with E-state index in [1.165, 1.54) is 0 Å². The first-order chi connectivity index (χ1) is 6.69. The fourth-order valence-electron chi connectivity index (χ4n) is 1.31. The van der Waals surface area contributed by atoms with E-state index in [0.717, 1.165) is 11.3 Å². The molecule has 1 atom stereocenters. The Kier molecular flexibility index (Phi) is 3.53. The smallest absolute Gasteiger partial charge is 0.0712 e. The zero-order valence-corrected chi connectivity index (χ0v) is 8.70. The Morgan fingerprint density at radius 3 is 2.29 bits per heavy atom. The van der Waals surface area contributed by atoms with Gasteiger partial charge in [0.05, 0.1) is 12.0 Å². The highest BCUT2D eigenvalue weighted by atomic mass is 15.1. The van der Waals surface area contributed by atoms with E-state index in [0.29, 0.717) is 6.42 Å². The van der Waals surface area contributed by atoms with Crippen LogP contribution in [0.5, 0.6) is 0 Å². The molecule has 73 valence electrons. The first-order valence-corrected chi connectivity index (χ1v) is 4.65. The van der Waals surface area contributed by atoms with Crippen LogP contribution in [0.1, 0.15) is 17.9 Å². The van der Waals surface area contributed by atoms with Gasteiger partial charge in [-0.1, -0.05) is 19.1 Å². The fraction of sp³-hybridized carbons (Fsp3) is 0.333. The molecule has 0 aliphatic rings. The van der Waals surface area contributed by atoms with Gasteiger partial charge in [-0.25, -0.2) is 0 Å². The normalized spacial score (nSPS) is 11.9. The van der Waals surface area contributed by atoms with Crippen molar-refractivity contribution in [1.29, 1.82) is 5.26 Å². The number of hydrogen-bond acceptors (Lipinski definition) is 2. The summed E-state index contributed by atoms with van der Waals surface area (Å²) in [6.07, 6.45) is 0.623. The highest BCUT2D eigenvalue weighted by molar-refractivity contribution is 5.47. The minimum atomic E-state index is -0.0776. The molecular weight excluding hydrogens is 172 g/mol. The minimum Gasteiger partial charge on any atom is -0.378 e. The molecule has 2 heteroatoms. The van der Waals surface area contributed by atoms with Crippen molar-refractivity contribution in [3.8, 4) is 6.07 Å². The maximum atomic E-state index is 8.86. The summed E-state index contributed by atoms with van der Waals surface area (Å²) >= 11 is 0. The molecule has 0 amide bonds. The largest absolute Gasteiger partial charge is 0.378 e. The van der Waals surface area contributed by atoms with E-state index in [9.17, 15) is 0 Å². The van der Waals surface area contributed by atoms with Gasteiger partial charge in [0.1, 0.15) is 0 Å².